The lowest BCUT2D eigenvalue weighted by molar-refractivity contribution is 0.0918. The average Bonchev–Trinajstić information content (AvgIpc) is 3.11. The van der Waals surface area contributed by atoms with Crippen molar-refractivity contribution in [3.05, 3.63) is 29.6 Å². The third-order valence-corrected chi connectivity index (χ3v) is 4.52. The summed E-state index contributed by atoms with van der Waals surface area (Å²) in [7, 11) is 0. The van der Waals surface area contributed by atoms with E-state index in [1.807, 2.05) is 0 Å². The van der Waals surface area contributed by atoms with E-state index in [1.54, 1.807) is 18.3 Å². The van der Waals surface area contributed by atoms with Crippen LogP contribution >= 0.6 is 0 Å². The predicted molar refractivity (Wildman–Crippen MR) is 79.5 cm³/mol. The molecule has 2 N–H and O–H groups in total. The molecule has 2 bridgehead atoms. The number of aromatic nitrogens is 1. The quantitative estimate of drug-likeness (QED) is 0.831. The minimum absolute atomic E-state index is 0.0600. The molecule has 2 saturated carbocycles. The minimum atomic E-state index is -0.0811. The van der Waals surface area contributed by atoms with Crippen molar-refractivity contribution >= 4 is 5.91 Å². The maximum absolute atomic E-state index is 12.2. The lowest BCUT2D eigenvalue weighted by atomic mass is 9.95. The molecule has 0 aromatic carbocycles. The molecule has 1 aromatic heterocycles. The van der Waals surface area contributed by atoms with E-state index in [4.69, 9.17) is 5.11 Å². The Morgan fingerprint density at radius 2 is 2.29 bits per heavy atom. The van der Waals surface area contributed by atoms with E-state index in [0.29, 0.717) is 24.1 Å². The van der Waals surface area contributed by atoms with E-state index < -0.39 is 0 Å². The van der Waals surface area contributed by atoms with Crippen LogP contribution in [0.4, 0.5) is 0 Å². The number of carbonyl (C=O) groups is 1. The van der Waals surface area contributed by atoms with Gasteiger partial charge in [0.2, 0.25) is 0 Å². The van der Waals surface area contributed by atoms with Crippen LogP contribution in [0.2, 0.25) is 0 Å². The number of pyridine rings is 1. The Morgan fingerprint density at radius 1 is 1.38 bits per heavy atom. The molecule has 0 spiro atoms. The average molecular weight is 284 g/mol. The third-order valence-electron chi connectivity index (χ3n) is 4.52. The SMILES string of the molecule is O=C(NC1CC2CCC1C2)c1ccc(C#CCCO)cn1. The maximum Gasteiger partial charge on any atom is 0.270 e. The van der Waals surface area contributed by atoms with Crippen molar-refractivity contribution in [2.24, 2.45) is 11.8 Å². The van der Waals surface area contributed by atoms with Crippen LogP contribution in [0.15, 0.2) is 18.3 Å². The molecule has 1 aromatic rings. The Hall–Kier alpha value is -1.86. The summed E-state index contributed by atoms with van der Waals surface area (Å²) in [6.07, 6.45) is 7.05. The highest BCUT2D eigenvalue weighted by Gasteiger charge is 2.40. The number of hydrogen-bond acceptors (Lipinski definition) is 3. The number of carbonyl (C=O) groups excluding carboxylic acids is 1. The van der Waals surface area contributed by atoms with Crippen LogP contribution in [0.3, 0.4) is 0 Å². The first-order chi connectivity index (χ1) is 10.3. The van der Waals surface area contributed by atoms with Crippen molar-refractivity contribution in [1.82, 2.24) is 10.3 Å². The number of hydrogen-bond donors (Lipinski definition) is 2. The van der Waals surface area contributed by atoms with Crippen LogP contribution < -0.4 is 5.32 Å². The van der Waals surface area contributed by atoms with Gasteiger partial charge in [0.05, 0.1) is 6.61 Å². The number of amides is 1. The molecule has 2 aliphatic carbocycles. The predicted octanol–water partition coefficient (Wildman–Crippen LogP) is 1.73. The Balaban J connectivity index is 1.59. The molecule has 2 aliphatic rings. The van der Waals surface area contributed by atoms with Gasteiger partial charge in [-0.2, -0.15) is 0 Å². The molecule has 4 nitrogen and oxygen atoms in total. The van der Waals surface area contributed by atoms with Gasteiger partial charge in [0.1, 0.15) is 5.69 Å². The van der Waals surface area contributed by atoms with Crippen molar-refractivity contribution in [2.75, 3.05) is 6.61 Å². The van der Waals surface area contributed by atoms with Crippen molar-refractivity contribution in [1.29, 1.82) is 0 Å². The molecule has 110 valence electrons. The van der Waals surface area contributed by atoms with E-state index >= 15 is 0 Å². The highest BCUT2D eigenvalue weighted by Crippen LogP contribution is 2.44. The Morgan fingerprint density at radius 3 is 2.90 bits per heavy atom. The first-order valence-corrected chi connectivity index (χ1v) is 7.63. The number of rotatable bonds is 3. The van der Waals surface area contributed by atoms with Gasteiger partial charge in [0.25, 0.3) is 5.91 Å². The monoisotopic (exact) mass is 284 g/mol. The molecule has 3 rings (SSSR count). The molecular formula is C17H20N2O2. The lowest BCUT2D eigenvalue weighted by Crippen LogP contribution is -2.38. The number of aliphatic hydroxyl groups is 1. The number of nitrogens with one attached hydrogen (secondary N) is 1. The number of nitrogens with zero attached hydrogens (tertiary/aromatic N) is 1. The van der Waals surface area contributed by atoms with E-state index in [0.717, 1.165) is 17.9 Å². The third kappa shape index (κ3) is 3.25. The molecule has 1 amide bonds. The minimum Gasteiger partial charge on any atom is -0.395 e. The standard InChI is InChI=1S/C17H20N2O2/c20-8-2-1-3-12-5-7-15(18-11-12)17(21)19-16-10-13-4-6-14(16)9-13/h5,7,11,13-14,16,20H,2,4,6,8-10H2,(H,19,21). The smallest absolute Gasteiger partial charge is 0.270 e. The molecule has 0 radical (unpaired) electrons. The molecule has 0 saturated heterocycles. The molecular weight excluding hydrogens is 264 g/mol. The fourth-order valence-electron chi connectivity index (χ4n) is 3.49. The van der Waals surface area contributed by atoms with E-state index in [2.05, 4.69) is 22.1 Å². The van der Waals surface area contributed by atoms with Crippen LogP contribution in [-0.2, 0) is 0 Å². The van der Waals surface area contributed by atoms with Gasteiger partial charge in [-0.15, -0.1) is 0 Å². The summed E-state index contributed by atoms with van der Waals surface area (Å²) in [6, 6.07) is 3.85. The second kappa shape index (κ2) is 6.28. The molecule has 3 unspecified atom stereocenters. The summed E-state index contributed by atoms with van der Waals surface area (Å²) in [4.78, 5) is 16.4. The van der Waals surface area contributed by atoms with Gasteiger partial charge in [-0.3, -0.25) is 4.79 Å². The molecule has 0 aliphatic heterocycles. The van der Waals surface area contributed by atoms with Crippen LogP contribution in [0.1, 0.15) is 48.2 Å². The van der Waals surface area contributed by atoms with Gasteiger partial charge in [-0.25, -0.2) is 4.98 Å². The fourth-order valence-corrected chi connectivity index (χ4v) is 3.49. The number of fused-ring (bicyclic) bond motifs is 2. The fraction of sp³-hybridized carbons (Fsp3) is 0.529. The van der Waals surface area contributed by atoms with E-state index in [1.165, 1.54) is 19.3 Å². The van der Waals surface area contributed by atoms with Crippen molar-refractivity contribution < 1.29 is 9.90 Å². The molecule has 1 heterocycles. The zero-order valence-electron chi connectivity index (χ0n) is 12.0. The molecule has 4 heteroatoms. The Bertz CT molecular complexity index is 571. The van der Waals surface area contributed by atoms with Crippen molar-refractivity contribution in [3.63, 3.8) is 0 Å². The number of aliphatic hydroxyl groups excluding tert-OH is 1. The molecule has 3 atom stereocenters. The van der Waals surface area contributed by atoms with Crippen LogP contribution in [0, 0.1) is 23.7 Å². The summed E-state index contributed by atoms with van der Waals surface area (Å²) < 4.78 is 0. The second-order valence-corrected chi connectivity index (χ2v) is 5.96. The highest BCUT2D eigenvalue weighted by atomic mass is 16.2. The normalized spacial score (nSPS) is 26.2. The van der Waals surface area contributed by atoms with Crippen LogP contribution in [0.5, 0.6) is 0 Å². The van der Waals surface area contributed by atoms with E-state index in [-0.39, 0.29) is 12.5 Å². The van der Waals surface area contributed by atoms with Gasteiger partial charge in [-0.1, -0.05) is 18.3 Å². The largest absolute Gasteiger partial charge is 0.395 e. The van der Waals surface area contributed by atoms with Gasteiger partial charge < -0.3 is 10.4 Å². The Kier molecular flexibility index (Phi) is 4.21. The van der Waals surface area contributed by atoms with Crippen LogP contribution in [-0.4, -0.2) is 28.6 Å². The second-order valence-electron chi connectivity index (χ2n) is 5.96. The van der Waals surface area contributed by atoms with Gasteiger partial charge in [0, 0.05) is 24.2 Å². The van der Waals surface area contributed by atoms with Crippen molar-refractivity contribution in [3.8, 4) is 11.8 Å². The summed E-state index contributed by atoms with van der Waals surface area (Å²) >= 11 is 0. The summed E-state index contributed by atoms with van der Waals surface area (Å²) in [5.74, 6) is 7.14. The maximum atomic E-state index is 12.2. The first kappa shape index (κ1) is 14.1. The summed E-state index contributed by atoms with van der Waals surface area (Å²) in [5.41, 5.74) is 1.21. The molecule has 21 heavy (non-hydrogen) atoms. The highest BCUT2D eigenvalue weighted by molar-refractivity contribution is 5.92. The van der Waals surface area contributed by atoms with Crippen molar-refractivity contribution in [2.45, 2.75) is 38.1 Å². The van der Waals surface area contributed by atoms with Crippen LogP contribution in [0.25, 0.3) is 0 Å². The summed E-state index contributed by atoms with van der Waals surface area (Å²) in [6.45, 7) is 0.0600. The summed E-state index contributed by atoms with van der Waals surface area (Å²) in [5, 5.41) is 11.8. The van der Waals surface area contributed by atoms with Gasteiger partial charge in [0.15, 0.2) is 0 Å². The lowest BCUT2D eigenvalue weighted by Gasteiger charge is -2.22. The topological polar surface area (TPSA) is 62.2 Å². The van der Waals surface area contributed by atoms with E-state index in [9.17, 15) is 4.79 Å². The first-order valence-electron chi connectivity index (χ1n) is 7.63. The zero-order valence-corrected chi connectivity index (χ0v) is 12.0. The molecule has 2 fully saturated rings. The zero-order chi connectivity index (χ0) is 14.7. The van der Waals surface area contributed by atoms with Gasteiger partial charge in [-0.05, 0) is 43.2 Å². The van der Waals surface area contributed by atoms with Gasteiger partial charge >= 0.3 is 0 Å². The Labute approximate surface area is 125 Å².